The lowest BCUT2D eigenvalue weighted by Crippen LogP contribution is -2.36. The molecular weight excluding hydrogens is 190 g/mol. The Hall–Kier alpha value is -0.290. The first-order valence-electron chi connectivity index (χ1n) is 3.08. The predicted octanol–water partition coefficient (Wildman–Crippen LogP) is 0.427. The van der Waals surface area contributed by atoms with Crippen molar-refractivity contribution in [1.82, 2.24) is 5.32 Å². The van der Waals surface area contributed by atoms with Crippen LogP contribution in [0.3, 0.4) is 0 Å². The number of rotatable bonds is 3. The molecule has 0 aliphatic carbocycles. The van der Waals surface area contributed by atoms with Crippen LogP contribution in [0.1, 0.15) is 20.3 Å². The van der Waals surface area contributed by atoms with E-state index in [1.54, 1.807) is 6.92 Å². The molecule has 11 heavy (non-hydrogen) atoms. The number of amides is 1. The number of halogens is 1. The van der Waals surface area contributed by atoms with Gasteiger partial charge in [-0.1, -0.05) is 6.92 Å². The maximum absolute atomic E-state index is 10.6. The van der Waals surface area contributed by atoms with Gasteiger partial charge in [0.05, 0.1) is 0 Å². The summed E-state index contributed by atoms with van der Waals surface area (Å²) in [7, 11) is 1.33. The zero-order chi connectivity index (χ0) is 9.07. The average molecular weight is 200 g/mol. The predicted molar refractivity (Wildman–Crippen MR) is 42.7 cm³/mol. The van der Waals surface area contributed by atoms with Gasteiger partial charge >= 0.3 is 0 Å². The first kappa shape index (κ1) is 10.7. The van der Waals surface area contributed by atoms with E-state index in [0.29, 0.717) is 0 Å². The first-order chi connectivity index (χ1) is 4.88. The second-order valence-corrected chi connectivity index (χ2v) is 4.88. The van der Waals surface area contributed by atoms with Crippen molar-refractivity contribution in [2.24, 2.45) is 0 Å². The van der Waals surface area contributed by atoms with E-state index in [-0.39, 0.29) is 6.42 Å². The lowest BCUT2D eigenvalue weighted by molar-refractivity contribution is -0.119. The summed E-state index contributed by atoms with van der Waals surface area (Å²) in [5, 5.41) is 1.24. The molecule has 0 aliphatic heterocycles. The number of carbonyl (C=O) groups excluding carboxylic acids is 1. The van der Waals surface area contributed by atoms with Crippen molar-refractivity contribution in [3.8, 4) is 0 Å². The molecule has 4 nitrogen and oxygen atoms in total. The van der Waals surface area contributed by atoms with Crippen molar-refractivity contribution in [1.29, 1.82) is 0 Å². The van der Waals surface area contributed by atoms with Gasteiger partial charge in [-0.2, -0.15) is 0 Å². The largest absolute Gasteiger partial charge is 0.339 e. The Kier molecular flexibility index (Phi) is 3.82. The molecule has 0 aromatic carbocycles. The molecule has 0 fully saturated rings. The van der Waals surface area contributed by atoms with Gasteiger partial charge < -0.3 is 5.32 Å². The molecule has 1 atom stereocenters. The van der Waals surface area contributed by atoms with Crippen LogP contribution < -0.4 is 5.32 Å². The molecule has 0 aromatic heterocycles. The van der Waals surface area contributed by atoms with Gasteiger partial charge in [0, 0.05) is 17.6 Å². The Labute approximate surface area is 70.3 Å². The van der Waals surface area contributed by atoms with Gasteiger partial charge in [0.1, 0.15) is 5.37 Å². The van der Waals surface area contributed by atoms with Crippen LogP contribution in [0, 0.1) is 0 Å². The minimum Gasteiger partial charge on any atom is -0.339 e. The average Bonchev–Trinajstić information content (AvgIpc) is 1.79. The van der Waals surface area contributed by atoms with E-state index in [9.17, 15) is 13.2 Å². The van der Waals surface area contributed by atoms with Crippen LogP contribution >= 0.6 is 10.7 Å². The lowest BCUT2D eigenvalue weighted by atomic mass is 10.5. The van der Waals surface area contributed by atoms with Crippen LogP contribution in [0.15, 0.2) is 0 Å². The molecule has 0 bridgehead atoms. The van der Waals surface area contributed by atoms with Crippen LogP contribution in [0.5, 0.6) is 0 Å². The van der Waals surface area contributed by atoms with Gasteiger partial charge in [0.2, 0.25) is 5.91 Å². The van der Waals surface area contributed by atoms with E-state index >= 15 is 0 Å². The molecule has 0 saturated heterocycles. The van der Waals surface area contributed by atoms with Crippen molar-refractivity contribution < 1.29 is 13.2 Å². The summed E-state index contributed by atoms with van der Waals surface area (Å²) in [5.74, 6) is -0.402. The molecule has 1 amide bonds. The maximum atomic E-state index is 10.6. The van der Waals surface area contributed by atoms with E-state index in [2.05, 4.69) is 5.32 Å². The summed E-state index contributed by atoms with van der Waals surface area (Å²) in [6.07, 6.45) is 0.269. The quantitative estimate of drug-likeness (QED) is 0.671. The summed E-state index contributed by atoms with van der Waals surface area (Å²) >= 11 is 0. The molecule has 0 radical (unpaired) electrons. The lowest BCUT2D eigenvalue weighted by Gasteiger charge is -2.10. The van der Waals surface area contributed by atoms with Crippen molar-refractivity contribution in [3.63, 3.8) is 0 Å². The highest BCUT2D eigenvalue weighted by Gasteiger charge is 2.21. The molecule has 0 unspecified atom stereocenters. The number of hydrogen-bond donors (Lipinski definition) is 1. The zero-order valence-corrected chi connectivity index (χ0v) is 7.87. The molecule has 6 heteroatoms. The van der Waals surface area contributed by atoms with Gasteiger partial charge in [-0.3, -0.25) is 4.79 Å². The van der Waals surface area contributed by atoms with Crippen LogP contribution in [0.4, 0.5) is 0 Å². The van der Waals surface area contributed by atoms with Crippen molar-refractivity contribution >= 4 is 25.6 Å². The second kappa shape index (κ2) is 3.92. The third kappa shape index (κ3) is 4.21. The summed E-state index contributed by atoms with van der Waals surface area (Å²) < 4.78 is 21.3. The van der Waals surface area contributed by atoms with E-state index in [1.165, 1.54) is 6.92 Å². The summed E-state index contributed by atoms with van der Waals surface area (Å²) in [4.78, 5) is 10.4. The first-order valence-corrected chi connectivity index (χ1v) is 5.45. The normalized spacial score (nSPS) is 14.1. The van der Waals surface area contributed by atoms with E-state index in [0.717, 1.165) is 0 Å². The number of carbonyl (C=O) groups is 1. The Morgan fingerprint density at radius 2 is 2.09 bits per heavy atom. The van der Waals surface area contributed by atoms with Crippen LogP contribution in [-0.2, 0) is 13.8 Å². The van der Waals surface area contributed by atoms with E-state index in [1.807, 2.05) is 0 Å². The van der Waals surface area contributed by atoms with E-state index < -0.39 is 20.3 Å². The fourth-order valence-electron chi connectivity index (χ4n) is 0.598. The molecule has 0 saturated carbocycles. The molecule has 0 aliphatic rings. The summed E-state index contributed by atoms with van der Waals surface area (Å²) in [5.41, 5.74) is 0. The third-order valence-corrected chi connectivity index (χ3v) is 2.85. The SMILES string of the molecule is CC[C@@H](NC(C)=O)S(=O)(=O)Cl. The molecule has 66 valence electrons. The molecular formula is C5H10ClNO3S. The maximum Gasteiger partial charge on any atom is 0.253 e. The fourth-order valence-corrected chi connectivity index (χ4v) is 1.81. The molecule has 0 aromatic rings. The summed E-state index contributed by atoms with van der Waals surface area (Å²) in [6.45, 7) is 2.87. The van der Waals surface area contributed by atoms with Gasteiger partial charge in [-0.25, -0.2) is 8.42 Å². The van der Waals surface area contributed by atoms with Crippen molar-refractivity contribution in [2.75, 3.05) is 0 Å². The van der Waals surface area contributed by atoms with E-state index in [4.69, 9.17) is 10.7 Å². The topological polar surface area (TPSA) is 63.2 Å². The highest BCUT2D eigenvalue weighted by molar-refractivity contribution is 8.14. The van der Waals surface area contributed by atoms with Crippen LogP contribution in [0.2, 0.25) is 0 Å². The molecule has 0 heterocycles. The van der Waals surface area contributed by atoms with Crippen molar-refractivity contribution in [3.05, 3.63) is 0 Å². The van der Waals surface area contributed by atoms with Gasteiger partial charge in [-0.05, 0) is 6.42 Å². The van der Waals surface area contributed by atoms with Crippen molar-refractivity contribution in [2.45, 2.75) is 25.6 Å². The number of nitrogens with one attached hydrogen (secondary N) is 1. The number of hydrogen-bond acceptors (Lipinski definition) is 3. The third-order valence-electron chi connectivity index (χ3n) is 1.07. The van der Waals surface area contributed by atoms with Crippen LogP contribution in [0.25, 0.3) is 0 Å². The van der Waals surface area contributed by atoms with Gasteiger partial charge in [0.15, 0.2) is 0 Å². The zero-order valence-electron chi connectivity index (χ0n) is 6.30. The summed E-state index contributed by atoms with van der Waals surface area (Å²) in [6, 6.07) is 0. The highest BCUT2D eigenvalue weighted by Crippen LogP contribution is 2.07. The minimum atomic E-state index is -3.67. The smallest absolute Gasteiger partial charge is 0.253 e. The van der Waals surface area contributed by atoms with Crippen LogP contribution in [-0.4, -0.2) is 19.7 Å². The Morgan fingerprint density at radius 3 is 2.18 bits per heavy atom. The fraction of sp³-hybridized carbons (Fsp3) is 0.800. The Morgan fingerprint density at radius 1 is 1.64 bits per heavy atom. The standard InChI is InChI=1S/C5H10ClNO3S/c1-3-5(7-4(2)8)11(6,9)10/h5H,3H2,1-2H3,(H,7,8)/t5-/m0/s1. The van der Waals surface area contributed by atoms with Gasteiger partial charge in [0.25, 0.3) is 9.05 Å². The molecule has 1 N–H and O–H groups in total. The Bertz CT molecular complexity index is 236. The molecule has 0 spiro atoms. The Balaban J connectivity index is 4.31. The minimum absolute atomic E-state index is 0.269. The molecule has 0 rings (SSSR count). The monoisotopic (exact) mass is 199 g/mol. The highest BCUT2D eigenvalue weighted by atomic mass is 35.7. The van der Waals surface area contributed by atoms with Gasteiger partial charge in [-0.15, -0.1) is 0 Å². The second-order valence-electron chi connectivity index (χ2n) is 2.07.